The summed E-state index contributed by atoms with van der Waals surface area (Å²) in [4.78, 5) is 15.0. The molecule has 1 N–H and O–H groups in total. The van der Waals surface area contributed by atoms with E-state index in [9.17, 15) is 4.79 Å². The Balaban J connectivity index is 2.47. The number of fused-ring (bicyclic) bond motifs is 3. The fraction of sp³-hybridized carbons (Fsp3) is 0. The molecule has 0 unspecified atom stereocenters. The van der Waals surface area contributed by atoms with Crippen LogP contribution in [0.3, 0.4) is 0 Å². The largest absolute Gasteiger partial charge is 0.476 e. The molecule has 84 valence electrons. The molecular weight excluding hydrogens is 284 g/mol. The number of halogens is 1. The highest BCUT2D eigenvalue weighted by atomic mass is 79.9. The monoisotopic (exact) mass is 290 g/mol. The fourth-order valence-corrected chi connectivity index (χ4v) is 2.36. The van der Waals surface area contributed by atoms with Gasteiger partial charge in [0.2, 0.25) is 0 Å². The van der Waals surface area contributed by atoms with Crippen LogP contribution < -0.4 is 0 Å². The number of aromatic nitrogens is 2. The number of pyridine rings is 1. The molecule has 4 nitrogen and oxygen atoms in total. The van der Waals surface area contributed by atoms with Gasteiger partial charge in [-0.1, -0.05) is 28.1 Å². The number of carbonyl (C=O) groups is 1. The molecule has 3 aromatic rings. The molecule has 1 aromatic carbocycles. The number of hydrogen-bond acceptors (Lipinski definition) is 2. The zero-order chi connectivity index (χ0) is 12.0. The first-order valence-corrected chi connectivity index (χ1v) is 5.75. The Labute approximate surface area is 105 Å². The first kappa shape index (κ1) is 10.3. The lowest BCUT2D eigenvalue weighted by Gasteiger charge is -2.01. The summed E-state index contributed by atoms with van der Waals surface area (Å²) in [5.41, 5.74) is 0.707. The van der Waals surface area contributed by atoms with E-state index in [2.05, 4.69) is 20.9 Å². The van der Waals surface area contributed by atoms with Crippen LogP contribution in [0, 0.1) is 0 Å². The van der Waals surface area contributed by atoms with E-state index in [-0.39, 0.29) is 5.69 Å². The molecular formula is C12H7BrN2O2. The van der Waals surface area contributed by atoms with Crippen molar-refractivity contribution in [2.24, 2.45) is 0 Å². The molecule has 0 fully saturated rings. The van der Waals surface area contributed by atoms with E-state index >= 15 is 0 Å². The zero-order valence-corrected chi connectivity index (χ0v) is 10.2. The molecule has 0 radical (unpaired) electrons. The SMILES string of the molecule is O=C(O)c1cn2ccc3c(Br)cccc3c2n1. The number of hydrogen-bond donors (Lipinski definition) is 1. The van der Waals surface area contributed by atoms with Crippen molar-refractivity contribution in [1.82, 2.24) is 9.38 Å². The predicted octanol–water partition coefficient (Wildman–Crippen LogP) is 2.95. The molecule has 0 bridgehead atoms. The lowest BCUT2D eigenvalue weighted by atomic mass is 10.2. The Bertz CT molecular complexity index is 749. The van der Waals surface area contributed by atoms with Crippen molar-refractivity contribution in [2.45, 2.75) is 0 Å². The van der Waals surface area contributed by atoms with Crippen molar-refractivity contribution in [3.63, 3.8) is 0 Å². The summed E-state index contributed by atoms with van der Waals surface area (Å²) in [6, 6.07) is 7.70. The second-order valence-electron chi connectivity index (χ2n) is 3.68. The molecule has 17 heavy (non-hydrogen) atoms. The zero-order valence-electron chi connectivity index (χ0n) is 8.59. The maximum atomic E-state index is 10.9. The summed E-state index contributed by atoms with van der Waals surface area (Å²) in [5.74, 6) is -1.02. The van der Waals surface area contributed by atoms with Gasteiger partial charge < -0.3 is 9.51 Å². The van der Waals surface area contributed by atoms with Crippen LogP contribution in [0.4, 0.5) is 0 Å². The smallest absolute Gasteiger partial charge is 0.356 e. The average Bonchev–Trinajstić information content (AvgIpc) is 2.73. The van der Waals surface area contributed by atoms with Gasteiger partial charge in [0.1, 0.15) is 5.65 Å². The van der Waals surface area contributed by atoms with Crippen LogP contribution in [0.25, 0.3) is 16.4 Å². The quantitative estimate of drug-likeness (QED) is 0.750. The van der Waals surface area contributed by atoms with Gasteiger partial charge in [-0.3, -0.25) is 0 Å². The minimum atomic E-state index is -1.02. The van der Waals surface area contributed by atoms with Gasteiger partial charge in [0.05, 0.1) is 0 Å². The molecule has 2 aromatic heterocycles. The van der Waals surface area contributed by atoms with E-state index in [1.165, 1.54) is 6.20 Å². The van der Waals surface area contributed by atoms with E-state index in [1.54, 1.807) is 4.40 Å². The van der Waals surface area contributed by atoms with Crippen LogP contribution in [0.2, 0.25) is 0 Å². The number of benzene rings is 1. The number of imidazole rings is 1. The fourth-order valence-electron chi connectivity index (χ4n) is 1.87. The van der Waals surface area contributed by atoms with E-state index in [4.69, 9.17) is 5.11 Å². The van der Waals surface area contributed by atoms with Gasteiger partial charge in [-0.25, -0.2) is 9.78 Å². The molecule has 2 heterocycles. The summed E-state index contributed by atoms with van der Waals surface area (Å²) in [6.07, 6.45) is 3.32. The van der Waals surface area contributed by atoms with Gasteiger partial charge in [0.15, 0.2) is 5.69 Å². The van der Waals surface area contributed by atoms with Gasteiger partial charge >= 0.3 is 5.97 Å². The average molecular weight is 291 g/mol. The lowest BCUT2D eigenvalue weighted by Crippen LogP contribution is -1.94. The minimum Gasteiger partial charge on any atom is -0.476 e. The van der Waals surface area contributed by atoms with E-state index in [0.717, 1.165) is 15.2 Å². The van der Waals surface area contributed by atoms with Crippen molar-refractivity contribution in [3.05, 3.63) is 46.8 Å². The second-order valence-corrected chi connectivity index (χ2v) is 4.53. The topological polar surface area (TPSA) is 54.6 Å². The first-order chi connectivity index (χ1) is 8.16. The Morgan fingerprint density at radius 2 is 2.12 bits per heavy atom. The van der Waals surface area contributed by atoms with E-state index in [1.807, 2.05) is 30.5 Å². The molecule has 0 saturated carbocycles. The van der Waals surface area contributed by atoms with Crippen LogP contribution in [0.1, 0.15) is 10.5 Å². The third-order valence-corrected chi connectivity index (χ3v) is 3.34. The maximum Gasteiger partial charge on any atom is 0.356 e. The number of carboxylic acids is 1. The molecule has 0 atom stereocenters. The third-order valence-electron chi connectivity index (χ3n) is 2.65. The van der Waals surface area contributed by atoms with Crippen molar-refractivity contribution < 1.29 is 9.90 Å². The molecule has 0 amide bonds. The Morgan fingerprint density at radius 1 is 1.29 bits per heavy atom. The number of nitrogens with zero attached hydrogens (tertiary/aromatic N) is 2. The molecule has 0 aliphatic rings. The van der Waals surface area contributed by atoms with Crippen molar-refractivity contribution in [2.75, 3.05) is 0 Å². The first-order valence-electron chi connectivity index (χ1n) is 4.96. The third kappa shape index (κ3) is 1.51. The highest BCUT2D eigenvalue weighted by Gasteiger charge is 2.11. The summed E-state index contributed by atoms with van der Waals surface area (Å²) < 4.78 is 2.69. The Morgan fingerprint density at radius 3 is 2.88 bits per heavy atom. The van der Waals surface area contributed by atoms with Crippen LogP contribution in [0.15, 0.2) is 41.1 Å². The van der Waals surface area contributed by atoms with Crippen LogP contribution in [0.5, 0.6) is 0 Å². The second kappa shape index (κ2) is 3.56. The molecule has 3 rings (SSSR count). The highest BCUT2D eigenvalue weighted by molar-refractivity contribution is 9.10. The maximum absolute atomic E-state index is 10.9. The van der Waals surface area contributed by atoms with Crippen molar-refractivity contribution >= 4 is 38.3 Å². The number of aromatic carboxylic acids is 1. The Hall–Kier alpha value is -1.88. The summed E-state index contributed by atoms with van der Waals surface area (Å²) in [7, 11) is 0. The summed E-state index contributed by atoms with van der Waals surface area (Å²) in [6.45, 7) is 0. The minimum absolute atomic E-state index is 0.0532. The van der Waals surface area contributed by atoms with Gasteiger partial charge in [-0.2, -0.15) is 0 Å². The Kier molecular flexibility index (Phi) is 2.16. The molecule has 5 heteroatoms. The van der Waals surface area contributed by atoms with E-state index < -0.39 is 5.97 Å². The summed E-state index contributed by atoms with van der Waals surface area (Å²) in [5, 5.41) is 10.9. The number of rotatable bonds is 1. The number of carboxylic acid groups (broad SMARTS) is 1. The van der Waals surface area contributed by atoms with Crippen molar-refractivity contribution in [3.8, 4) is 0 Å². The van der Waals surface area contributed by atoms with Crippen molar-refractivity contribution in [1.29, 1.82) is 0 Å². The van der Waals surface area contributed by atoms with E-state index in [0.29, 0.717) is 5.65 Å². The standard InChI is InChI=1S/C12H7BrN2O2/c13-9-3-1-2-8-7(9)4-5-15-6-10(12(16)17)14-11(8)15/h1-6H,(H,16,17). The molecule has 0 aliphatic heterocycles. The van der Waals surface area contributed by atoms with Gasteiger partial charge in [0, 0.05) is 27.6 Å². The predicted molar refractivity (Wildman–Crippen MR) is 67.4 cm³/mol. The van der Waals surface area contributed by atoms with Gasteiger partial charge in [0.25, 0.3) is 0 Å². The molecule has 0 spiro atoms. The highest BCUT2D eigenvalue weighted by Crippen LogP contribution is 2.26. The van der Waals surface area contributed by atoms with Crippen LogP contribution in [-0.4, -0.2) is 20.5 Å². The lowest BCUT2D eigenvalue weighted by molar-refractivity contribution is 0.0691. The van der Waals surface area contributed by atoms with Crippen LogP contribution in [-0.2, 0) is 0 Å². The van der Waals surface area contributed by atoms with Gasteiger partial charge in [-0.05, 0) is 12.1 Å². The van der Waals surface area contributed by atoms with Gasteiger partial charge in [-0.15, -0.1) is 0 Å². The van der Waals surface area contributed by atoms with Crippen LogP contribution >= 0.6 is 15.9 Å². The normalized spacial score (nSPS) is 11.1. The molecule has 0 aliphatic carbocycles. The summed E-state index contributed by atoms with van der Waals surface area (Å²) >= 11 is 3.46. The molecule has 0 saturated heterocycles.